The molecule has 1 aliphatic carbocycles. The molecule has 0 saturated heterocycles. The molecule has 23 heavy (non-hydrogen) atoms. The molecule has 0 atom stereocenters. The van der Waals surface area contributed by atoms with Crippen LogP contribution in [0.5, 0.6) is 5.75 Å². The molecule has 0 radical (unpaired) electrons. The molecule has 0 fully saturated rings. The Morgan fingerprint density at radius 2 is 1.78 bits per heavy atom. The smallest absolute Gasteiger partial charge is 0.187 e. The van der Waals surface area contributed by atoms with Gasteiger partial charge in [-0.05, 0) is 67.1 Å². The summed E-state index contributed by atoms with van der Waals surface area (Å²) in [7, 11) is 1.64. The molecule has 3 nitrogen and oxygen atoms in total. The van der Waals surface area contributed by atoms with Gasteiger partial charge in [0, 0.05) is 23.5 Å². The number of benzene rings is 2. The van der Waals surface area contributed by atoms with Crippen molar-refractivity contribution < 1.29 is 9.53 Å². The van der Waals surface area contributed by atoms with E-state index in [2.05, 4.69) is 17.4 Å². The van der Waals surface area contributed by atoms with E-state index in [1.165, 1.54) is 24.0 Å². The fourth-order valence-corrected chi connectivity index (χ4v) is 2.88. The average molecular weight is 307 g/mol. The van der Waals surface area contributed by atoms with E-state index in [-0.39, 0.29) is 5.78 Å². The number of ether oxygens (including phenoxy) is 1. The van der Waals surface area contributed by atoms with Crippen molar-refractivity contribution in [1.82, 2.24) is 0 Å². The second kappa shape index (κ2) is 7.14. The SMILES string of the molecule is COc1ccc(N/C=C\C(=O)c2ccc3c(c2)CCCC3)cc1. The molecular formula is C20H21NO2. The zero-order chi connectivity index (χ0) is 16.1. The number of aryl methyl sites for hydroxylation is 2. The van der Waals surface area contributed by atoms with Crippen molar-refractivity contribution in [3.63, 3.8) is 0 Å². The van der Waals surface area contributed by atoms with Crippen molar-refractivity contribution in [3.05, 3.63) is 71.4 Å². The largest absolute Gasteiger partial charge is 0.497 e. The Bertz CT molecular complexity index is 717. The van der Waals surface area contributed by atoms with Crippen LogP contribution in [0, 0.1) is 0 Å². The van der Waals surface area contributed by atoms with Gasteiger partial charge >= 0.3 is 0 Å². The van der Waals surface area contributed by atoms with Crippen LogP contribution < -0.4 is 10.1 Å². The van der Waals surface area contributed by atoms with E-state index >= 15 is 0 Å². The number of methoxy groups -OCH3 is 1. The summed E-state index contributed by atoms with van der Waals surface area (Å²) in [5.41, 5.74) is 4.41. The van der Waals surface area contributed by atoms with Crippen molar-refractivity contribution >= 4 is 11.5 Å². The molecule has 0 bridgehead atoms. The average Bonchev–Trinajstić information content (AvgIpc) is 2.61. The third kappa shape index (κ3) is 3.81. The number of hydrogen-bond donors (Lipinski definition) is 1. The van der Waals surface area contributed by atoms with Crippen LogP contribution in [0.15, 0.2) is 54.7 Å². The minimum absolute atomic E-state index is 0.0272. The summed E-state index contributed by atoms with van der Waals surface area (Å²) in [4.78, 5) is 12.3. The predicted octanol–water partition coefficient (Wildman–Crippen LogP) is 4.38. The Hall–Kier alpha value is -2.55. The van der Waals surface area contributed by atoms with E-state index < -0.39 is 0 Å². The van der Waals surface area contributed by atoms with Crippen LogP contribution >= 0.6 is 0 Å². The van der Waals surface area contributed by atoms with E-state index in [1.54, 1.807) is 19.4 Å². The molecule has 3 heteroatoms. The Balaban J connectivity index is 1.63. The standard InChI is InChI=1S/C20H21NO2/c1-23-19-10-8-18(9-11-19)21-13-12-20(22)17-7-6-15-4-2-3-5-16(15)14-17/h6-14,21H,2-5H2,1H3/b13-12-. The fraction of sp³-hybridized carbons (Fsp3) is 0.250. The highest BCUT2D eigenvalue weighted by Crippen LogP contribution is 2.22. The highest BCUT2D eigenvalue weighted by molar-refractivity contribution is 6.04. The van der Waals surface area contributed by atoms with Gasteiger partial charge in [-0.15, -0.1) is 0 Å². The van der Waals surface area contributed by atoms with Crippen LogP contribution in [-0.4, -0.2) is 12.9 Å². The summed E-state index contributed by atoms with van der Waals surface area (Å²) in [5, 5.41) is 3.10. The molecule has 0 amide bonds. The molecule has 1 N–H and O–H groups in total. The summed E-state index contributed by atoms with van der Waals surface area (Å²) < 4.78 is 5.12. The van der Waals surface area contributed by atoms with Gasteiger partial charge in [0.2, 0.25) is 0 Å². The molecule has 0 unspecified atom stereocenters. The van der Waals surface area contributed by atoms with Gasteiger partial charge in [0.25, 0.3) is 0 Å². The van der Waals surface area contributed by atoms with Gasteiger partial charge in [0.05, 0.1) is 7.11 Å². The second-order valence-corrected chi connectivity index (χ2v) is 5.76. The fourth-order valence-electron chi connectivity index (χ4n) is 2.88. The van der Waals surface area contributed by atoms with Crippen molar-refractivity contribution in [3.8, 4) is 5.75 Å². The minimum Gasteiger partial charge on any atom is -0.497 e. The third-order valence-electron chi connectivity index (χ3n) is 4.21. The van der Waals surface area contributed by atoms with E-state index in [9.17, 15) is 4.79 Å². The first-order valence-corrected chi connectivity index (χ1v) is 7.99. The van der Waals surface area contributed by atoms with Crippen LogP contribution in [0.2, 0.25) is 0 Å². The van der Waals surface area contributed by atoms with Crippen molar-refractivity contribution in [2.75, 3.05) is 12.4 Å². The van der Waals surface area contributed by atoms with E-state index in [0.717, 1.165) is 29.8 Å². The zero-order valence-corrected chi connectivity index (χ0v) is 13.3. The number of allylic oxidation sites excluding steroid dienone is 1. The molecule has 0 aliphatic heterocycles. The molecule has 0 aromatic heterocycles. The Morgan fingerprint density at radius 1 is 1.04 bits per heavy atom. The minimum atomic E-state index is 0.0272. The summed E-state index contributed by atoms with van der Waals surface area (Å²) in [5.74, 6) is 0.837. The van der Waals surface area contributed by atoms with Crippen molar-refractivity contribution in [2.45, 2.75) is 25.7 Å². The monoisotopic (exact) mass is 307 g/mol. The Morgan fingerprint density at radius 3 is 2.52 bits per heavy atom. The van der Waals surface area contributed by atoms with E-state index in [4.69, 9.17) is 4.74 Å². The topological polar surface area (TPSA) is 38.3 Å². The second-order valence-electron chi connectivity index (χ2n) is 5.76. The quantitative estimate of drug-likeness (QED) is 0.658. The van der Waals surface area contributed by atoms with Gasteiger partial charge in [0.1, 0.15) is 5.75 Å². The first-order valence-electron chi connectivity index (χ1n) is 7.99. The first-order chi connectivity index (χ1) is 11.3. The molecule has 1 aliphatic rings. The number of carbonyl (C=O) groups excluding carboxylic acids is 1. The zero-order valence-electron chi connectivity index (χ0n) is 13.3. The molecular weight excluding hydrogens is 286 g/mol. The van der Waals surface area contributed by atoms with E-state index in [0.29, 0.717) is 0 Å². The van der Waals surface area contributed by atoms with Crippen LogP contribution in [0.3, 0.4) is 0 Å². The van der Waals surface area contributed by atoms with Gasteiger partial charge in [0.15, 0.2) is 5.78 Å². The van der Waals surface area contributed by atoms with Crippen LogP contribution in [0.1, 0.15) is 34.3 Å². The van der Waals surface area contributed by atoms with Gasteiger partial charge in [-0.2, -0.15) is 0 Å². The van der Waals surface area contributed by atoms with Gasteiger partial charge in [-0.1, -0.05) is 12.1 Å². The van der Waals surface area contributed by atoms with Gasteiger partial charge in [-0.25, -0.2) is 0 Å². The Labute approximate surface area is 137 Å². The first kappa shape index (κ1) is 15.3. The number of anilines is 1. The van der Waals surface area contributed by atoms with Gasteiger partial charge in [-0.3, -0.25) is 4.79 Å². The number of rotatable bonds is 5. The normalized spacial score (nSPS) is 13.6. The summed E-state index contributed by atoms with van der Waals surface area (Å²) in [6, 6.07) is 13.7. The van der Waals surface area contributed by atoms with E-state index in [1.807, 2.05) is 30.3 Å². The lowest BCUT2D eigenvalue weighted by molar-refractivity contribution is 0.104. The lowest BCUT2D eigenvalue weighted by Gasteiger charge is -2.15. The molecule has 2 aromatic carbocycles. The number of hydrogen-bond acceptors (Lipinski definition) is 3. The molecule has 3 rings (SSSR count). The number of fused-ring (bicyclic) bond motifs is 1. The van der Waals surface area contributed by atoms with Crippen molar-refractivity contribution in [2.24, 2.45) is 0 Å². The maximum absolute atomic E-state index is 12.3. The summed E-state index contributed by atoms with van der Waals surface area (Å²) in [6.07, 6.45) is 7.97. The van der Waals surface area contributed by atoms with Crippen molar-refractivity contribution in [1.29, 1.82) is 0 Å². The number of ketones is 1. The lowest BCUT2D eigenvalue weighted by Crippen LogP contribution is -2.05. The molecule has 0 heterocycles. The highest BCUT2D eigenvalue weighted by atomic mass is 16.5. The number of nitrogens with one attached hydrogen (secondary N) is 1. The molecule has 2 aromatic rings. The van der Waals surface area contributed by atoms with Crippen LogP contribution in [-0.2, 0) is 12.8 Å². The van der Waals surface area contributed by atoms with Crippen LogP contribution in [0.4, 0.5) is 5.69 Å². The molecule has 0 saturated carbocycles. The maximum Gasteiger partial charge on any atom is 0.187 e. The van der Waals surface area contributed by atoms with Gasteiger partial charge < -0.3 is 10.1 Å². The predicted molar refractivity (Wildman–Crippen MR) is 93.2 cm³/mol. The molecule has 118 valence electrons. The Kier molecular flexibility index (Phi) is 4.77. The summed E-state index contributed by atoms with van der Waals surface area (Å²) >= 11 is 0. The highest BCUT2D eigenvalue weighted by Gasteiger charge is 2.11. The lowest BCUT2D eigenvalue weighted by atomic mass is 9.90. The maximum atomic E-state index is 12.3. The third-order valence-corrected chi connectivity index (χ3v) is 4.21. The van der Waals surface area contributed by atoms with Crippen LogP contribution in [0.25, 0.3) is 0 Å². The summed E-state index contributed by atoms with van der Waals surface area (Å²) in [6.45, 7) is 0. The number of carbonyl (C=O) groups is 1. The molecule has 0 spiro atoms.